The maximum atomic E-state index is 3.60. The quantitative estimate of drug-likeness (QED) is 0.610. The Balaban J connectivity index is 0.00000484. The van der Waals surface area contributed by atoms with Crippen molar-refractivity contribution in [2.75, 3.05) is 52.4 Å². The topological polar surface area (TPSA) is 39.3 Å². The molecule has 0 bridgehead atoms. The van der Waals surface area contributed by atoms with Gasteiger partial charge in [0.15, 0.2) is 0 Å². The Kier molecular flexibility index (Phi) is 19.9. The summed E-state index contributed by atoms with van der Waals surface area (Å²) in [5.41, 5.74) is 0. The zero-order chi connectivity index (χ0) is 15.7. The van der Waals surface area contributed by atoms with Crippen LogP contribution >= 0.6 is 12.4 Å². The minimum absolute atomic E-state index is 0. The van der Waals surface area contributed by atoms with Crippen LogP contribution in [-0.2, 0) is 19.4 Å². The van der Waals surface area contributed by atoms with Gasteiger partial charge in [-0.25, -0.2) is 0 Å². The van der Waals surface area contributed by atoms with E-state index >= 15 is 0 Å². The van der Waals surface area contributed by atoms with E-state index in [4.69, 9.17) is 0 Å². The second-order valence-electron chi connectivity index (χ2n) is 6.29. The monoisotopic (exact) mass is 382 g/mol. The first-order chi connectivity index (χ1) is 10.9. The predicted molar refractivity (Wildman–Crippen MR) is 100 cm³/mol. The van der Waals surface area contributed by atoms with Crippen LogP contribution in [0.2, 0.25) is 5.23 Å². The number of hydrogen-bond donors (Lipinski definition) is 3. The molecule has 0 aliphatic carbocycles. The van der Waals surface area contributed by atoms with Crippen LogP contribution in [0.5, 0.6) is 0 Å². The Labute approximate surface area is 159 Å². The van der Waals surface area contributed by atoms with E-state index in [2.05, 4.69) is 24.6 Å². The third-order valence-electron chi connectivity index (χ3n) is 4.29. The third-order valence-corrected chi connectivity index (χ3v) is 5.98. The molecule has 1 rings (SSSR count). The van der Waals surface area contributed by atoms with Crippen molar-refractivity contribution in [3.05, 3.63) is 0 Å². The second kappa shape index (κ2) is 19.2. The molecule has 1 aliphatic heterocycles. The summed E-state index contributed by atoms with van der Waals surface area (Å²) >= 11 is 0.141. The van der Waals surface area contributed by atoms with Gasteiger partial charge in [0.05, 0.1) is 0 Å². The van der Waals surface area contributed by atoms with Crippen molar-refractivity contribution in [2.24, 2.45) is 0 Å². The van der Waals surface area contributed by atoms with Crippen molar-refractivity contribution in [2.45, 2.75) is 56.6 Å². The molecule has 0 spiro atoms. The molecule has 6 heteroatoms. The fraction of sp³-hybridized carbons (Fsp3) is 1.00. The molecule has 0 unspecified atom stereocenters. The van der Waals surface area contributed by atoms with E-state index in [1.165, 1.54) is 104 Å². The molecule has 1 heterocycles. The Morgan fingerprint density at radius 3 is 1.17 bits per heavy atom. The van der Waals surface area contributed by atoms with Gasteiger partial charge in [-0.05, 0) is 0 Å². The van der Waals surface area contributed by atoms with Crippen LogP contribution < -0.4 is 16.0 Å². The van der Waals surface area contributed by atoms with E-state index in [9.17, 15) is 0 Å². The minimum atomic E-state index is 0. The number of hydrogen-bond acceptors (Lipinski definition) is 4. The van der Waals surface area contributed by atoms with E-state index in [1.807, 2.05) is 0 Å². The maximum absolute atomic E-state index is 3.60. The average molecular weight is 383 g/mol. The van der Waals surface area contributed by atoms with Crippen molar-refractivity contribution in [1.82, 2.24) is 19.3 Å². The van der Waals surface area contributed by atoms with Crippen LogP contribution in [0.25, 0.3) is 0 Å². The van der Waals surface area contributed by atoms with Gasteiger partial charge < -0.3 is 0 Å². The van der Waals surface area contributed by atoms with Crippen molar-refractivity contribution < 1.29 is 19.4 Å². The van der Waals surface area contributed by atoms with Crippen molar-refractivity contribution >= 4 is 12.4 Å². The fourth-order valence-electron chi connectivity index (χ4n) is 2.82. The number of nitrogens with one attached hydrogen (secondary N) is 3. The Morgan fingerprint density at radius 2 is 0.870 bits per heavy atom. The number of nitrogens with zero attached hydrogens (tertiary/aromatic N) is 1. The van der Waals surface area contributed by atoms with Gasteiger partial charge in [0, 0.05) is 0 Å². The molecule has 0 aromatic carbocycles. The molecule has 4 nitrogen and oxygen atoms in total. The SMILES string of the molecule is Cl.[CH3][Ti][N]1CCCCNCCCCNCCCCNCCCC1. The van der Waals surface area contributed by atoms with Gasteiger partial charge in [-0.15, -0.1) is 12.4 Å². The summed E-state index contributed by atoms with van der Waals surface area (Å²) in [6, 6.07) is 0. The van der Waals surface area contributed by atoms with Crippen molar-refractivity contribution in [3.8, 4) is 0 Å². The molecule has 23 heavy (non-hydrogen) atoms. The summed E-state index contributed by atoms with van der Waals surface area (Å²) < 4.78 is 2.74. The van der Waals surface area contributed by atoms with Crippen LogP contribution in [0.3, 0.4) is 0 Å². The molecule has 1 aliphatic rings. The first-order valence-corrected chi connectivity index (χ1v) is 11.7. The summed E-state index contributed by atoms with van der Waals surface area (Å²) in [4.78, 5) is 0. The van der Waals surface area contributed by atoms with Gasteiger partial charge in [0.2, 0.25) is 0 Å². The molecular formula is C17H39ClN4Ti. The van der Waals surface area contributed by atoms with E-state index in [-0.39, 0.29) is 31.8 Å². The normalized spacial score (nSPS) is 22.7. The van der Waals surface area contributed by atoms with Crippen LogP contribution in [0.15, 0.2) is 0 Å². The molecule has 0 atom stereocenters. The Morgan fingerprint density at radius 1 is 0.565 bits per heavy atom. The number of rotatable bonds is 1. The summed E-state index contributed by atoms with van der Waals surface area (Å²) in [5, 5.41) is 13.2. The van der Waals surface area contributed by atoms with Crippen LogP contribution in [-0.4, -0.2) is 55.7 Å². The summed E-state index contributed by atoms with van der Waals surface area (Å²) in [6.07, 6.45) is 10.6. The predicted octanol–water partition coefficient (Wildman–Crippen LogP) is 2.66. The zero-order valence-electron chi connectivity index (χ0n) is 15.2. The van der Waals surface area contributed by atoms with Crippen LogP contribution in [0.4, 0.5) is 0 Å². The first-order valence-electron chi connectivity index (χ1n) is 9.48. The van der Waals surface area contributed by atoms with Gasteiger partial charge in [-0.1, -0.05) is 0 Å². The molecule has 0 aromatic rings. The molecule has 1 saturated heterocycles. The second-order valence-corrected chi connectivity index (χ2v) is 7.98. The molecular weight excluding hydrogens is 344 g/mol. The molecule has 138 valence electrons. The summed E-state index contributed by atoms with van der Waals surface area (Å²) in [7, 11) is 0. The molecule has 0 aromatic heterocycles. The van der Waals surface area contributed by atoms with Gasteiger partial charge >= 0.3 is 148 Å². The molecule has 0 radical (unpaired) electrons. The van der Waals surface area contributed by atoms with Gasteiger partial charge in [-0.3, -0.25) is 0 Å². The standard InChI is InChI=1S/C16H35N4.CH3.ClH.Ti/c1-2-10-18-12-5-6-14-20-16-8-7-15-19-13-4-3-11-17-9-1;;;/h17-19H,1-16H2;1H3;1H;/q-1;;;+1. The molecule has 0 amide bonds. The average Bonchev–Trinajstić information content (AvgIpc) is 2.54. The van der Waals surface area contributed by atoms with Crippen molar-refractivity contribution in [3.63, 3.8) is 0 Å². The van der Waals surface area contributed by atoms with Gasteiger partial charge in [0.25, 0.3) is 0 Å². The van der Waals surface area contributed by atoms with E-state index in [1.54, 1.807) is 0 Å². The van der Waals surface area contributed by atoms with Crippen LogP contribution in [0, 0.1) is 0 Å². The van der Waals surface area contributed by atoms with E-state index in [0.29, 0.717) is 0 Å². The third kappa shape index (κ3) is 16.1. The first kappa shape index (κ1) is 23.8. The van der Waals surface area contributed by atoms with Crippen molar-refractivity contribution in [1.29, 1.82) is 0 Å². The molecule has 0 saturated carbocycles. The molecule has 1 fully saturated rings. The fourth-order valence-corrected chi connectivity index (χ4v) is 4.01. The summed E-state index contributed by atoms with van der Waals surface area (Å²) in [5.74, 6) is 0. The number of halogens is 1. The molecule has 3 N–H and O–H groups in total. The summed E-state index contributed by atoms with van der Waals surface area (Å²) in [6.45, 7) is 9.82. The Bertz CT molecular complexity index is 215. The van der Waals surface area contributed by atoms with Gasteiger partial charge in [0.1, 0.15) is 0 Å². The Hall–Kier alpha value is 0.844. The van der Waals surface area contributed by atoms with Crippen LogP contribution in [0.1, 0.15) is 51.4 Å². The van der Waals surface area contributed by atoms with E-state index in [0.717, 1.165) is 0 Å². The van der Waals surface area contributed by atoms with Gasteiger partial charge in [-0.2, -0.15) is 0 Å². The zero-order valence-corrected chi connectivity index (χ0v) is 17.5. The van der Waals surface area contributed by atoms with E-state index < -0.39 is 0 Å².